The number of halogens is 1. The largest absolute Gasteiger partial charge is 0.393 e. The number of aryl methyl sites for hydroxylation is 1. The van der Waals surface area contributed by atoms with Gasteiger partial charge in [0.2, 0.25) is 0 Å². The normalized spacial score (nSPS) is 12.6. The highest BCUT2D eigenvalue weighted by Crippen LogP contribution is 2.16. The molecule has 1 rings (SSSR count). The van der Waals surface area contributed by atoms with E-state index in [2.05, 4.69) is 25.9 Å². The zero-order valence-corrected chi connectivity index (χ0v) is 11.5. The fraction of sp³-hybridized carbons (Fsp3) is 0.636. The zero-order valence-electron chi connectivity index (χ0n) is 9.94. The minimum atomic E-state index is -0.279. The number of aliphatic hydroxyl groups is 1. The standard InChI is InChI=1S/C11H18BrN3O/c1-4-10-13-9(12)7-11(14-10)15(3)6-5-8(2)16/h7-8,16H,4-6H2,1-3H3. The summed E-state index contributed by atoms with van der Waals surface area (Å²) < 4.78 is 0.804. The van der Waals surface area contributed by atoms with Crippen LogP contribution < -0.4 is 4.90 Å². The smallest absolute Gasteiger partial charge is 0.133 e. The van der Waals surface area contributed by atoms with Crippen LogP contribution in [0.4, 0.5) is 5.82 Å². The van der Waals surface area contributed by atoms with E-state index in [0.717, 1.165) is 35.6 Å². The van der Waals surface area contributed by atoms with Crippen LogP contribution in [-0.4, -0.2) is 34.8 Å². The molecule has 1 aromatic rings. The Morgan fingerprint density at radius 2 is 2.19 bits per heavy atom. The van der Waals surface area contributed by atoms with E-state index in [4.69, 9.17) is 0 Å². The van der Waals surface area contributed by atoms with Crippen molar-refractivity contribution in [3.63, 3.8) is 0 Å². The molecule has 0 aliphatic carbocycles. The average Bonchev–Trinajstić information content (AvgIpc) is 2.24. The molecule has 90 valence electrons. The molecule has 4 nitrogen and oxygen atoms in total. The summed E-state index contributed by atoms with van der Waals surface area (Å²) in [4.78, 5) is 10.7. The Morgan fingerprint density at radius 3 is 2.75 bits per heavy atom. The van der Waals surface area contributed by atoms with Crippen LogP contribution in [-0.2, 0) is 6.42 Å². The van der Waals surface area contributed by atoms with Gasteiger partial charge in [-0.1, -0.05) is 6.92 Å². The van der Waals surface area contributed by atoms with Crippen LogP contribution in [0, 0.1) is 0 Å². The molecule has 0 aliphatic heterocycles. The third-order valence-corrected chi connectivity index (χ3v) is 2.72. The summed E-state index contributed by atoms with van der Waals surface area (Å²) in [6.07, 6.45) is 1.27. The highest BCUT2D eigenvalue weighted by molar-refractivity contribution is 9.10. The Bertz CT molecular complexity index is 344. The molecular formula is C11H18BrN3O. The van der Waals surface area contributed by atoms with Gasteiger partial charge in [0.05, 0.1) is 6.10 Å². The van der Waals surface area contributed by atoms with Crippen molar-refractivity contribution in [2.75, 3.05) is 18.5 Å². The van der Waals surface area contributed by atoms with Gasteiger partial charge < -0.3 is 10.0 Å². The van der Waals surface area contributed by atoms with Gasteiger partial charge in [-0.25, -0.2) is 9.97 Å². The van der Waals surface area contributed by atoms with Crippen LogP contribution in [0.2, 0.25) is 0 Å². The van der Waals surface area contributed by atoms with E-state index in [1.807, 2.05) is 24.9 Å². The molecule has 0 bridgehead atoms. The van der Waals surface area contributed by atoms with Gasteiger partial charge in [0.25, 0.3) is 0 Å². The summed E-state index contributed by atoms with van der Waals surface area (Å²) in [7, 11) is 1.97. The highest BCUT2D eigenvalue weighted by atomic mass is 79.9. The SMILES string of the molecule is CCc1nc(Br)cc(N(C)CCC(C)O)n1. The molecule has 1 heterocycles. The molecule has 1 atom stereocenters. The highest BCUT2D eigenvalue weighted by Gasteiger charge is 2.07. The average molecular weight is 288 g/mol. The van der Waals surface area contributed by atoms with Crippen molar-refractivity contribution in [3.8, 4) is 0 Å². The first-order valence-corrected chi connectivity index (χ1v) is 6.25. The summed E-state index contributed by atoms with van der Waals surface area (Å²) in [5, 5.41) is 9.23. The van der Waals surface area contributed by atoms with Gasteiger partial charge in [0.1, 0.15) is 16.2 Å². The van der Waals surface area contributed by atoms with Gasteiger partial charge in [0.15, 0.2) is 0 Å². The number of hydrogen-bond donors (Lipinski definition) is 1. The summed E-state index contributed by atoms with van der Waals surface area (Å²) in [6, 6.07) is 1.89. The molecule has 1 aromatic heterocycles. The maximum atomic E-state index is 9.23. The lowest BCUT2D eigenvalue weighted by molar-refractivity contribution is 0.187. The second-order valence-electron chi connectivity index (χ2n) is 3.88. The van der Waals surface area contributed by atoms with Crippen LogP contribution in [0.3, 0.4) is 0 Å². The fourth-order valence-corrected chi connectivity index (χ4v) is 1.71. The maximum Gasteiger partial charge on any atom is 0.133 e. The summed E-state index contributed by atoms with van der Waals surface area (Å²) >= 11 is 3.37. The lowest BCUT2D eigenvalue weighted by atomic mass is 10.3. The van der Waals surface area contributed by atoms with E-state index >= 15 is 0 Å². The van der Waals surface area contributed by atoms with Gasteiger partial charge in [0, 0.05) is 26.1 Å². The minimum absolute atomic E-state index is 0.279. The summed E-state index contributed by atoms with van der Waals surface area (Å²) in [5.74, 6) is 1.72. The number of nitrogens with zero attached hydrogens (tertiary/aromatic N) is 3. The van der Waals surface area contributed by atoms with Crippen LogP contribution in [0.1, 0.15) is 26.1 Å². The first-order chi connectivity index (χ1) is 7.52. The van der Waals surface area contributed by atoms with Crippen LogP contribution >= 0.6 is 15.9 Å². The van der Waals surface area contributed by atoms with Crippen molar-refractivity contribution in [2.45, 2.75) is 32.8 Å². The van der Waals surface area contributed by atoms with Crippen LogP contribution in [0.5, 0.6) is 0 Å². The van der Waals surface area contributed by atoms with Gasteiger partial charge in [-0.15, -0.1) is 0 Å². The van der Waals surface area contributed by atoms with Gasteiger partial charge in [-0.05, 0) is 29.3 Å². The van der Waals surface area contributed by atoms with Gasteiger partial charge >= 0.3 is 0 Å². The lowest BCUT2D eigenvalue weighted by Crippen LogP contribution is -2.23. The molecule has 0 radical (unpaired) electrons. The lowest BCUT2D eigenvalue weighted by Gasteiger charge is -2.19. The Labute approximate surface area is 105 Å². The second-order valence-corrected chi connectivity index (χ2v) is 4.69. The molecule has 0 spiro atoms. The Morgan fingerprint density at radius 1 is 1.50 bits per heavy atom. The fourth-order valence-electron chi connectivity index (χ4n) is 1.30. The van der Waals surface area contributed by atoms with E-state index in [1.165, 1.54) is 0 Å². The molecule has 16 heavy (non-hydrogen) atoms. The van der Waals surface area contributed by atoms with Gasteiger partial charge in [-0.2, -0.15) is 0 Å². The third-order valence-electron chi connectivity index (χ3n) is 2.32. The predicted octanol–water partition coefficient (Wildman–Crippen LogP) is 2.01. The maximum absolute atomic E-state index is 9.23. The Hall–Kier alpha value is -0.680. The quantitative estimate of drug-likeness (QED) is 0.842. The Kier molecular flexibility index (Phi) is 5.15. The van der Waals surface area contributed by atoms with Crippen molar-refractivity contribution in [1.82, 2.24) is 9.97 Å². The van der Waals surface area contributed by atoms with Crippen molar-refractivity contribution in [3.05, 3.63) is 16.5 Å². The summed E-state index contributed by atoms with van der Waals surface area (Å²) in [5.41, 5.74) is 0. The number of aliphatic hydroxyl groups excluding tert-OH is 1. The van der Waals surface area contributed by atoms with Crippen LogP contribution in [0.15, 0.2) is 10.7 Å². The monoisotopic (exact) mass is 287 g/mol. The van der Waals surface area contributed by atoms with Crippen molar-refractivity contribution in [1.29, 1.82) is 0 Å². The van der Waals surface area contributed by atoms with E-state index in [1.54, 1.807) is 6.92 Å². The van der Waals surface area contributed by atoms with Crippen molar-refractivity contribution >= 4 is 21.7 Å². The molecule has 0 saturated heterocycles. The molecule has 0 aliphatic rings. The number of hydrogen-bond acceptors (Lipinski definition) is 4. The zero-order chi connectivity index (χ0) is 12.1. The molecule has 0 fully saturated rings. The molecule has 1 N–H and O–H groups in total. The summed E-state index contributed by atoms with van der Waals surface area (Å²) in [6.45, 7) is 4.60. The van der Waals surface area contributed by atoms with E-state index in [9.17, 15) is 5.11 Å². The van der Waals surface area contributed by atoms with Crippen molar-refractivity contribution < 1.29 is 5.11 Å². The van der Waals surface area contributed by atoms with E-state index in [0.29, 0.717) is 0 Å². The minimum Gasteiger partial charge on any atom is -0.393 e. The second kappa shape index (κ2) is 6.15. The Balaban J connectivity index is 2.74. The number of rotatable bonds is 5. The molecule has 0 amide bonds. The number of aromatic nitrogens is 2. The van der Waals surface area contributed by atoms with Crippen molar-refractivity contribution in [2.24, 2.45) is 0 Å². The van der Waals surface area contributed by atoms with E-state index < -0.39 is 0 Å². The van der Waals surface area contributed by atoms with Crippen LogP contribution in [0.25, 0.3) is 0 Å². The predicted molar refractivity (Wildman–Crippen MR) is 68.7 cm³/mol. The third kappa shape index (κ3) is 4.06. The molecular weight excluding hydrogens is 270 g/mol. The van der Waals surface area contributed by atoms with Gasteiger partial charge in [-0.3, -0.25) is 0 Å². The first-order valence-electron chi connectivity index (χ1n) is 5.45. The molecule has 0 saturated carbocycles. The molecule has 1 unspecified atom stereocenters. The first kappa shape index (κ1) is 13.4. The van der Waals surface area contributed by atoms with E-state index in [-0.39, 0.29) is 6.10 Å². The molecule has 5 heteroatoms. The topological polar surface area (TPSA) is 49.2 Å². The molecule has 0 aromatic carbocycles. The number of anilines is 1.